The van der Waals surface area contributed by atoms with Gasteiger partial charge in [0.05, 0.1) is 16.4 Å². The highest BCUT2D eigenvalue weighted by molar-refractivity contribution is 7.22. The molecule has 1 N–H and O–H groups in total. The maximum absolute atomic E-state index is 4.58. The van der Waals surface area contributed by atoms with Crippen LogP contribution in [0.5, 0.6) is 0 Å². The van der Waals surface area contributed by atoms with Crippen LogP contribution in [0.1, 0.15) is 11.1 Å². The molecular weight excluding hydrogens is 412 g/mol. The van der Waals surface area contributed by atoms with Crippen LogP contribution < -0.4 is 5.43 Å². The largest absolute Gasteiger partial charge is 0.342 e. The van der Waals surface area contributed by atoms with Crippen molar-refractivity contribution in [1.82, 2.24) is 9.55 Å². The van der Waals surface area contributed by atoms with Gasteiger partial charge in [0, 0.05) is 29.2 Å². The Balaban J connectivity index is 1.33. The Morgan fingerprint density at radius 1 is 0.844 bits per heavy atom. The number of aromatic nitrogens is 2. The maximum Gasteiger partial charge on any atom is 0.204 e. The van der Waals surface area contributed by atoms with Gasteiger partial charge in [0.15, 0.2) is 0 Å². The van der Waals surface area contributed by atoms with Gasteiger partial charge < -0.3 is 4.57 Å². The normalized spacial score (nSPS) is 11.8. The lowest BCUT2D eigenvalue weighted by molar-refractivity contribution is 0.842. The smallest absolute Gasteiger partial charge is 0.204 e. The molecule has 0 spiro atoms. The van der Waals surface area contributed by atoms with Crippen LogP contribution in [0.15, 0.2) is 102 Å². The molecule has 4 aromatic carbocycles. The second-order valence-corrected chi connectivity index (χ2v) is 8.76. The average Bonchev–Trinajstić information content (AvgIpc) is 3.41. The van der Waals surface area contributed by atoms with Gasteiger partial charge in [0.2, 0.25) is 5.13 Å². The molecule has 4 nitrogen and oxygen atoms in total. The lowest BCUT2D eigenvalue weighted by Crippen LogP contribution is -1.98. The van der Waals surface area contributed by atoms with Crippen molar-refractivity contribution in [3.63, 3.8) is 0 Å². The molecule has 0 radical (unpaired) electrons. The predicted molar refractivity (Wildman–Crippen MR) is 136 cm³/mol. The number of para-hydroxylation sites is 2. The van der Waals surface area contributed by atoms with Crippen LogP contribution in [0.3, 0.4) is 0 Å². The molecule has 0 bridgehead atoms. The van der Waals surface area contributed by atoms with Crippen molar-refractivity contribution in [2.45, 2.75) is 6.54 Å². The summed E-state index contributed by atoms with van der Waals surface area (Å²) in [5, 5.41) is 9.02. The van der Waals surface area contributed by atoms with Gasteiger partial charge in [-0.15, -0.1) is 0 Å². The number of benzene rings is 4. The summed E-state index contributed by atoms with van der Waals surface area (Å²) in [6, 6.07) is 31.6. The summed E-state index contributed by atoms with van der Waals surface area (Å²) in [5.41, 5.74) is 7.67. The molecule has 6 aromatic rings. The van der Waals surface area contributed by atoms with Crippen LogP contribution in [0.4, 0.5) is 5.13 Å². The predicted octanol–water partition coefficient (Wildman–Crippen LogP) is 6.90. The first-order valence-electron chi connectivity index (χ1n) is 10.5. The van der Waals surface area contributed by atoms with E-state index in [0.717, 1.165) is 27.5 Å². The first kappa shape index (κ1) is 18.8. The van der Waals surface area contributed by atoms with E-state index in [4.69, 9.17) is 0 Å². The van der Waals surface area contributed by atoms with Gasteiger partial charge in [0.1, 0.15) is 0 Å². The van der Waals surface area contributed by atoms with E-state index in [2.05, 4.69) is 99.1 Å². The van der Waals surface area contributed by atoms with E-state index in [9.17, 15) is 0 Å². The Kier molecular flexibility index (Phi) is 4.66. The summed E-state index contributed by atoms with van der Waals surface area (Å²) in [6.45, 7) is 0.807. The Morgan fingerprint density at radius 2 is 1.62 bits per heavy atom. The topological polar surface area (TPSA) is 42.2 Å². The highest BCUT2D eigenvalue weighted by Gasteiger charge is 2.09. The number of rotatable bonds is 5. The van der Waals surface area contributed by atoms with Crippen LogP contribution in [-0.4, -0.2) is 15.8 Å². The molecule has 6 rings (SSSR count). The number of anilines is 1. The molecule has 2 aromatic heterocycles. The Morgan fingerprint density at radius 3 is 2.56 bits per heavy atom. The van der Waals surface area contributed by atoms with Crippen molar-refractivity contribution in [3.05, 3.63) is 108 Å². The van der Waals surface area contributed by atoms with E-state index in [1.54, 1.807) is 11.3 Å². The summed E-state index contributed by atoms with van der Waals surface area (Å²) in [5.74, 6) is 0. The van der Waals surface area contributed by atoms with Crippen molar-refractivity contribution in [2.24, 2.45) is 5.10 Å². The molecule has 0 saturated heterocycles. The maximum atomic E-state index is 4.58. The van der Waals surface area contributed by atoms with E-state index in [1.807, 2.05) is 24.4 Å². The Hall–Kier alpha value is -3.96. The molecule has 0 aliphatic rings. The van der Waals surface area contributed by atoms with Crippen molar-refractivity contribution >= 4 is 54.6 Å². The molecule has 0 aliphatic carbocycles. The first-order chi connectivity index (χ1) is 15.8. The third kappa shape index (κ3) is 3.43. The quantitative estimate of drug-likeness (QED) is 0.238. The zero-order valence-corrected chi connectivity index (χ0v) is 18.1. The van der Waals surface area contributed by atoms with Gasteiger partial charge in [-0.05, 0) is 34.5 Å². The van der Waals surface area contributed by atoms with Gasteiger partial charge in [-0.25, -0.2) is 4.98 Å². The lowest BCUT2D eigenvalue weighted by atomic mass is 10.0. The fourth-order valence-corrected chi connectivity index (χ4v) is 5.02. The van der Waals surface area contributed by atoms with Gasteiger partial charge in [-0.2, -0.15) is 5.10 Å². The summed E-state index contributed by atoms with van der Waals surface area (Å²) in [7, 11) is 0. The third-order valence-electron chi connectivity index (χ3n) is 5.70. The minimum Gasteiger partial charge on any atom is -0.342 e. The van der Waals surface area contributed by atoms with Crippen molar-refractivity contribution in [1.29, 1.82) is 0 Å². The van der Waals surface area contributed by atoms with Crippen LogP contribution in [-0.2, 0) is 6.54 Å². The van der Waals surface area contributed by atoms with E-state index >= 15 is 0 Å². The SMILES string of the molecule is C(=NNc1nc2ccccc2s1)c1cn(Cc2cccc3ccccc23)c2ccccc12. The molecule has 0 unspecified atom stereocenters. The Bertz CT molecular complexity index is 1550. The molecule has 0 amide bonds. The van der Waals surface area contributed by atoms with Gasteiger partial charge in [-0.3, -0.25) is 5.43 Å². The third-order valence-corrected chi connectivity index (χ3v) is 6.64. The number of nitrogens with zero attached hydrogens (tertiary/aromatic N) is 3. The molecule has 0 saturated carbocycles. The summed E-state index contributed by atoms with van der Waals surface area (Å²) < 4.78 is 3.45. The molecule has 5 heteroatoms. The number of nitrogens with one attached hydrogen (secondary N) is 1. The van der Waals surface area contributed by atoms with Crippen molar-refractivity contribution in [2.75, 3.05) is 5.43 Å². The Labute approximate surface area is 189 Å². The van der Waals surface area contributed by atoms with E-state index in [-0.39, 0.29) is 0 Å². The zero-order valence-electron chi connectivity index (χ0n) is 17.3. The van der Waals surface area contributed by atoms with Crippen LogP contribution in [0.2, 0.25) is 0 Å². The second-order valence-electron chi connectivity index (χ2n) is 7.72. The molecular formula is C27H20N4S. The molecule has 0 fully saturated rings. The fraction of sp³-hybridized carbons (Fsp3) is 0.0370. The van der Waals surface area contributed by atoms with Crippen molar-refractivity contribution < 1.29 is 0 Å². The molecule has 32 heavy (non-hydrogen) atoms. The first-order valence-corrected chi connectivity index (χ1v) is 11.4. The molecule has 0 atom stereocenters. The second kappa shape index (κ2) is 7.94. The molecule has 0 aliphatic heterocycles. The average molecular weight is 433 g/mol. The van der Waals surface area contributed by atoms with Crippen LogP contribution in [0.25, 0.3) is 31.9 Å². The van der Waals surface area contributed by atoms with E-state index in [1.165, 1.54) is 27.2 Å². The van der Waals surface area contributed by atoms with Crippen molar-refractivity contribution in [3.8, 4) is 0 Å². The minimum absolute atomic E-state index is 0.793. The van der Waals surface area contributed by atoms with Gasteiger partial charge in [0.25, 0.3) is 0 Å². The van der Waals surface area contributed by atoms with E-state index < -0.39 is 0 Å². The summed E-state index contributed by atoms with van der Waals surface area (Å²) in [6.07, 6.45) is 4.06. The van der Waals surface area contributed by atoms with Crippen LogP contribution in [0, 0.1) is 0 Å². The molecule has 2 heterocycles. The summed E-state index contributed by atoms with van der Waals surface area (Å²) >= 11 is 1.60. The standard InChI is InChI=1S/C27H20N4S/c1-2-11-22-19(8-1)9-7-10-20(22)17-31-18-21(23-12-3-5-14-25(23)31)16-28-30-27-29-24-13-4-6-15-26(24)32-27/h1-16,18H,17H2,(H,29,30). The van der Waals surface area contributed by atoms with E-state index in [0.29, 0.717) is 0 Å². The number of hydrogen-bond donors (Lipinski definition) is 1. The van der Waals surface area contributed by atoms with Crippen LogP contribution >= 0.6 is 11.3 Å². The highest BCUT2D eigenvalue weighted by Crippen LogP contribution is 2.26. The fourth-order valence-electron chi connectivity index (χ4n) is 4.20. The number of hydrazone groups is 1. The number of fused-ring (bicyclic) bond motifs is 3. The lowest BCUT2D eigenvalue weighted by Gasteiger charge is -2.09. The zero-order chi connectivity index (χ0) is 21.3. The minimum atomic E-state index is 0.793. The summed E-state index contributed by atoms with van der Waals surface area (Å²) in [4.78, 5) is 4.58. The number of hydrogen-bond acceptors (Lipinski definition) is 4. The monoisotopic (exact) mass is 432 g/mol. The number of thiazole rings is 1. The highest BCUT2D eigenvalue weighted by atomic mass is 32.1. The van der Waals surface area contributed by atoms with Gasteiger partial charge >= 0.3 is 0 Å². The molecule has 154 valence electrons. The van der Waals surface area contributed by atoms with Gasteiger partial charge in [-0.1, -0.05) is 84.1 Å².